The van der Waals surface area contributed by atoms with Crippen molar-refractivity contribution in [1.29, 1.82) is 0 Å². The minimum absolute atomic E-state index is 0.615. The topological polar surface area (TPSA) is 43.6 Å². The van der Waals surface area contributed by atoms with Crippen molar-refractivity contribution in [2.45, 2.75) is 12.8 Å². The number of para-hydroxylation sites is 1. The fourth-order valence-electron chi connectivity index (χ4n) is 8.16. The van der Waals surface area contributed by atoms with E-state index in [-0.39, 0.29) is 0 Å². The Morgan fingerprint density at radius 3 is 1.93 bits per heavy atom. The van der Waals surface area contributed by atoms with Gasteiger partial charge in [-0.1, -0.05) is 158 Å². The number of rotatable bonds is 6. The molecule has 1 aliphatic rings. The molecule has 1 aliphatic carbocycles. The van der Waals surface area contributed by atoms with Crippen LogP contribution in [0, 0.1) is 0 Å². The first-order valence-corrected chi connectivity index (χ1v) is 19.9. The number of thiophene rings is 1. The van der Waals surface area contributed by atoms with E-state index >= 15 is 0 Å². The molecule has 11 rings (SSSR count). The monoisotopic (exact) mass is 734 g/mol. The van der Waals surface area contributed by atoms with Crippen molar-refractivity contribution in [3.8, 4) is 50.7 Å². The van der Waals surface area contributed by atoms with Crippen LogP contribution in [0.5, 0.6) is 0 Å². The van der Waals surface area contributed by atoms with E-state index in [1.54, 1.807) is 0 Å². The average molecular weight is 735 g/mol. The van der Waals surface area contributed by atoms with Crippen LogP contribution in [0.4, 0.5) is 0 Å². The Balaban J connectivity index is 1.09. The molecule has 56 heavy (non-hydrogen) atoms. The number of hydrogen-bond donors (Lipinski definition) is 0. The first-order chi connectivity index (χ1) is 27.7. The predicted octanol–water partition coefficient (Wildman–Crippen LogP) is 13.7. The number of fused-ring (bicyclic) bond motifs is 6. The highest BCUT2D eigenvalue weighted by atomic mass is 32.1. The van der Waals surface area contributed by atoms with Gasteiger partial charge in [0.2, 0.25) is 5.95 Å². The number of nitrogens with zero attached hydrogens (tertiary/aromatic N) is 4. The maximum Gasteiger partial charge on any atom is 0.238 e. The summed E-state index contributed by atoms with van der Waals surface area (Å²) in [4.78, 5) is 15.6. The highest BCUT2D eigenvalue weighted by molar-refractivity contribution is 7.26. The minimum Gasteiger partial charge on any atom is -0.278 e. The van der Waals surface area contributed by atoms with Gasteiger partial charge in [0.05, 0.1) is 11.0 Å². The van der Waals surface area contributed by atoms with E-state index in [0.717, 1.165) is 56.9 Å². The van der Waals surface area contributed by atoms with Crippen molar-refractivity contribution in [2.75, 3.05) is 0 Å². The van der Waals surface area contributed by atoms with Gasteiger partial charge in [0.1, 0.15) is 0 Å². The largest absolute Gasteiger partial charge is 0.278 e. The van der Waals surface area contributed by atoms with Crippen molar-refractivity contribution < 1.29 is 0 Å². The van der Waals surface area contributed by atoms with Crippen LogP contribution >= 0.6 is 11.3 Å². The van der Waals surface area contributed by atoms with E-state index in [9.17, 15) is 0 Å². The molecule has 0 atom stereocenters. The molecule has 7 aromatic carbocycles. The van der Waals surface area contributed by atoms with Gasteiger partial charge in [-0.3, -0.25) is 4.57 Å². The van der Waals surface area contributed by atoms with Crippen LogP contribution in [-0.4, -0.2) is 19.5 Å². The van der Waals surface area contributed by atoms with E-state index in [2.05, 4.69) is 181 Å². The summed E-state index contributed by atoms with van der Waals surface area (Å²) in [6.07, 6.45) is 8.30. The maximum absolute atomic E-state index is 5.26. The molecule has 3 aromatic heterocycles. The van der Waals surface area contributed by atoms with Crippen LogP contribution in [0.1, 0.15) is 18.7 Å². The molecule has 0 fully saturated rings. The summed E-state index contributed by atoms with van der Waals surface area (Å²) >= 11 is 1.86. The summed E-state index contributed by atoms with van der Waals surface area (Å²) in [6, 6.07) is 58.7. The Morgan fingerprint density at radius 1 is 0.464 bits per heavy atom. The molecule has 0 saturated heterocycles. The van der Waals surface area contributed by atoms with Gasteiger partial charge in [0.25, 0.3) is 0 Å². The molecule has 0 saturated carbocycles. The second-order valence-electron chi connectivity index (χ2n) is 14.3. The molecule has 10 aromatic rings. The van der Waals surface area contributed by atoms with E-state index in [1.165, 1.54) is 42.4 Å². The third kappa shape index (κ3) is 5.55. The van der Waals surface area contributed by atoms with Gasteiger partial charge in [0.15, 0.2) is 11.6 Å². The third-order valence-corrected chi connectivity index (χ3v) is 12.2. The van der Waals surface area contributed by atoms with Gasteiger partial charge >= 0.3 is 0 Å². The van der Waals surface area contributed by atoms with Crippen LogP contribution in [0.2, 0.25) is 0 Å². The summed E-state index contributed by atoms with van der Waals surface area (Å²) in [7, 11) is 0. The summed E-state index contributed by atoms with van der Waals surface area (Å²) in [5.74, 6) is 1.99. The maximum atomic E-state index is 5.26. The Kier molecular flexibility index (Phi) is 7.78. The SMILES string of the molecule is C1=CCCC(c2nc(-c3ccc(-c4ccccc4)cc3)nc(-n3c4ccccc4c4ccc(-c5cccc6c5sc5ccc(-c7ccccc7)cc56)cc43)n2)=C1. The van der Waals surface area contributed by atoms with Crippen molar-refractivity contribution in [2.24, 2.45) is 0 Å². The zero-order valence-electron chi connectivity index (χ0n) is 30.4. The van der Waals surface area contributed by atoms with Crippen LogP contribution in [0.25, 0.3) is 98.3 Å². The molecule has 0 spiro atoms. The molecule has 0 bridgehead atoms. The van der Waals surface area contributed by atoms with Gasteiger partial charge in [-0.15, -0.1) is 11.3 Å². The number of allylic oxidation sites excluding steroid dienone is 4. The fraction of sp³-hybridized carbons (Fsp3) is 0.0392. The Labute approximate surface area is 328 Å². The lowest BCUT2D eigenvalue weighted by Gasteiger charge is -2.13. The van der Waals surface area contributed by atoms with Gasteiger partial charge in [-0.25, -0.2) is 4.98 Å². The van der Waals surface area contributed by atoms with Crippen molar-refractivity contribution in [3.05, 3.63) is 188 Å². The lowest BCUT2D eigenvalue weighted by atomic mass is 9.99. The first-order valence-electron chi connectivity index (χ1n) is 19.1. The molecule has 0 amide bonds. The van der Waals surface area contributed by atoms with Crippen molar-refractivity contribution >= 4 is 58.9 Å². The van der Waals surface area contributed by atoms with Gasteiger partial charge in [-0.2, -0.15) is 9.97 Å². The standard InChI is InChI=1S/C51H34N4S/c1-4-13-33(14-5-1)35-23-25-37(26-24-35)50-52-49(36-17-8-3-9-18-36)53-51(54-50)55-45-22-11-10-19-41(45)42-29-27-39(32-46(42)55)40-20-12-21-43-44-31-38(34-15-6-2-7-16-34)28-30-47(44)56-48(40)43/h1-8,10-17,19-32H,9,18H2. The van der Waals surface area contributed by atoms with Gasteiger partial charge in [-0.05, 0) is 76.1 Å². The quantitative estimate of drug-likeness (QED) is 0.171. The zero-order chi connectivity index (χ0) is 37.0. The molecule has 0 N–H and O–H groups in total. The Hall–Kier alpha value is -6.95. The van der Waals surface area contributed by atoms with Crippen molar-refractivity contribution in [3.63, 3.8) is 0 Å². The molecular formula is C51H34N4S. The lowest BCUT2D eigenvalue weighted by Crippen LogP contribution is -2.08. The molecule has 3 heterocycles. The summed E-state index contributed by atoms with van der Waals surface area (Å²) in [5, 5.41) is 4.90. The molecule has 0 unspecified atom stereocenters. The highest BCUT2D eigenvalue weighted by Gasteiger charge is 2.20. The van der Waals surface area contributed by atoms with Crippen LogP contribution < -0.4 is 0 Å². The molecule has 5 heteroatoms. The van der Waals surface area contributed by atoms with E-state index in [4.69, 9.17) is 15.0 Å². The summed E-state index contributed by atoms with van der Waals surface area (Å²) in [6.45, 7) is 0. The average Bonchev–Trinajstić information content (AvgIpc) is 3.82. The minimum atomic E-state index is 0.615. The summed E-state index contributed by atoms with van der Waals surface area (Å²) in [5.41, 5.74) is 11.4. The van der Waals surface area contributed by atoms with Crippen LogP contribution in [0.3, 0.4) is 0 Å². The number of benzene rings is 7. The highest BCUT2D eigenvalue weighted by Crippen LogP contribution is 2.43. The second-order valence-corrected chi connectivity index (χ2v) is 15.4. The molecule has 264 valence electrons. The third-order valence-electron chi connectivity index (χ3n) is 11.0. The van der Waals surface area contributed by atoms with E-state index in [1.807, 2.05) is 17.4 Å². The molecule has 0 aliphatic heterocycles. The Bertz CT molecular complexity index is 3170. The lowest BCUT2D eigenvalue weighted by molar-refractivity contribution is 0.913. The molecular weight excluding hydrogens is 701 g/mol. The smallest absolute Gasteiger partial charge is 0.238 e. The Morgan fingerprint density at radius 2 is 1.12 bits per heavy atom. The summed E-state index contributed by atoms with van der Waals surface area (Å²) < 4.78 is 4.81. The predicted molar refractivity (Wildman–Crippen MR) is 235 cm³/mol. The fourth-order valence-corrected chi connectivity index (χ4v) is 9.38. The number of hydrogen-bond acceptors (Lipinski definition) is 4. The molecule has 0 radical (unpaired) electrons. The first kappa shape index (κ1) is 32.5. The van der Waals surface area contributed by atoms with Gasteiger partial charge in [0, 0.05) is 36.5 Å². The van der Waals surface area contributed by atoms with Crippen LogP contribution in [0.15, 0.2) is 182 Å². The van der Waals surface area contributed by atoms with Gasteiger partial charge < -0.3 is 0 Å². The normalized spacial score (nSPS) is 12.9. The van der Waals surface area contributed by atoms with Crippen LogP contribution in [-0.2, 0) is 0 Å². The zero-order valence-corrected chi connectivity index (χ0v) is 31.2. The van der Waals surface area contributed by atoms with Crippen molar-refractivity contribution in [1.82, 2.24) is 19.5 Å². The molecule has 4 nitrogen and oxygen atoms in total. The van der Waals surface area contributed by atoms with E-state index < -0.39 is 0 Å². The number of aromatic nitrogens is 4. The van der Waals surface area contributed by atoms with E-state index in [0.29, 0.717) is 17.6 Å². The second kappa shape index (κ2) is 13.4.